The average molecular weight is 346 g/mol. The van der Waals surface area contributed by atoms with E-state index in [1.807, 2.05) is 18.2 Å². The van der Waals surface area contributed by atoms with Crippen molar-refractivity contribution in [2.45, 2.75) is 44.6 Å². The number of hydrogen-bond acceptors (Lipinski definition) is 4. The molecule has 1 fully saturated rings. The maximum atomic E-state index is 12.5. The Morgan fingerprint density at radius 2 is 2.12 bits per heavy atom. The van der Waals surface area contributed by atoms with Gasteiger partial charge in [-0.25, -0.2) is 0 Å². The summed E-state index contributed by atoms with van der Waals surface area (Å²) >= 11 is 0. The number of fused-ring (bicyclic) bond motifs is 1. The van der Waals surface area contributed by atoms with E-state index < -0.39 is 0 Å². The number of rotatable bonds is 6. The summed E-state index contributed by atoms with van der Waals surface area (Å²) in [5.74, 6) is 1.63. The Hall–Kier alpha value is -1.75. The van der Waals surface area contributed by atoms with E-state index in [4.69, 9.17) is 9.47 Å². The molecule has 1 heterocycles. The summed E-state index contributed by atoms with van der Waals surface area (Å²) in [4.78, 5) is 14.9. The third-order valence-electron chi connectivity index (χ3n) is 5.51. The normalized spacial score (nSPS) is 20.7. The van der Waals surface area contributed by atoms with Crippen molar-refractivity contribution in [3.63, 3.8) is 0 Å². The van der Waals surface area contributed by atoms with Gasteiger partial charge in [-0.2, -0.15) is 0 Å². The number of nitrogens with zero attached hydrogens (tertiary/aromatic N) is 1. The van der Waals surface area contributed by atoms with E-state index in [0.29, 0.717) is 25.6 Å². The van der Waals surface area contributed by atoms with Crippen LogP contribution < -0.4 is 14.8 Å². The second-order valence-corrected chi connectivity index (χ2v) is 7.25. The molecule has 25 heavy (non-hydrogen) atoms. The van der Waals surface area contributed by atoms with Crippen LogP contribution in [-0.2, 0) is 11.2 Å². The summed E-state index contributed by atoms with van der Waals surface area (Å²) in [7, 11) is 3.83. The lowest BCUT2D eigenvalue weighted by atomic mass is 9.94. The highest BCUT2D eigenvalue weighted by atomic mass is 16.5. The molecule has 0 radical (unpaired) electrons. The summed E-state index contributed by atoms with van der Waals surface area (Å²) in [6.07, 6.45) is 7.33. The van der Waals surface area contributed by atoms with E-state index >= 15 is 0 Å². The van der Waals surface area contributed by atoms with Gasteiger partial charge < -0.3 is 19.7 Å². The molecule has 0 aromatic heterocycles. The third kappa shape index (κ3) is 4.66. The Morgan fingerprint density at radius 3 is 2.88 bits per heavy atom. The van der Waals surface area contributed by atoms with E-state index in [2.05, 4.69) is 17.3 Å². The van der Waals surface area contributed by atoms with E-state index in [1.165, 1.54) is 32.1 Å². The molecular formula is C20H30N2O3. The van der Waals surface area contributed by atoms with E-state index in [1.54, 1.807) is 7.11 Å². The van der Waals surface area contributed by atoms with Crippen molar-refractivity contribution in [3.8, 4) is 11.5 Å². The summed E-state index contributed by atoms with van der Waals surface area (Å²) < 4.78 is 11.0. The molecule has 1 aromatic rings. The van der Waals surface area contributed by atoms with Gasteiger partial charge in [0.05, 0.1) is 13.0 Å². The van der Waals surface area contributed by atoms with Gasteiger partial charge in [0.1, 0.15) is 18.1 Å². The minimum atomic E-state index is -0.125. The highest BCUT2D eigenvalue weighted by molar-refractivity contribution is 5.79. The molecule has 5 nitrogen and oxygen atoms in total. The molecule has 1 saturated carbocycles. The monoisotopic (exact) mass is 346 g/mol. The molecule has 1 amide bonds. The van der Waals surface area contributed by atoms with Crippen molar-refractivity contribution in [2.75, 3.05) is 33.9 Å². The van der Waals surface area contributed by atoms with Gasteiger partial charge in [0.2, 0.25) is 5.91 Å². The van der Waals surface area contributed by atoms with Crippen molar-refractivity contribution in [1.82, 2.24) is 10.2 Å². The number of nitrogens with one attached hydrogen (secondary N) is 1. The van der Waals surface area contributed by atoms with Gasteiger partial charge in [-0.15, -0.1) is 0 Å². The van der Waals surface area contributed by atoms with Crippen LogP contribution in [-0.4, -0.2) is 50.7 Å². The van der Waals surface area contributed by atoms with E-state index in [9.17, 15) is 4.79 Å². The SMILES string of the molecule is COc1ccc2c(c1)CC(C(=O)NCCN(C)C1CCCCC1)CO2. The Kier molecular flexibility index (Phi) is 6.19. The number of carbonyl (C=O) groups is 1. The molecule has 1 aliphatic heterocycles. The molecule has 3 rings (SSSR count). The van der Waals surface area contributed by atoms with Gasteiger partial charge in [0, 0.05) is 19.1 Å². The van der Waals surface area contributed by atoms with Crippen LogP contribution in [0.1, 0.15) is 37.7 Å². The number of benzene rings is 1. The summed E-state index contributed by atoms with van der Waals surface area (Å²) in [6.45, 7) is 2.06. The van der Waals surface area contributed by atoms with Gasteiger partial charge in [-0.3, -0.25) is 4.79 Å². The summed E-state index contributed by atoms with van der Waals surface area (Å²) in [5.41, 5.74) is 1.05. The van der Waals surface area contributed by atoms with Crippen molar-refractivity contribution < 1.29 is 14.3 Å². The van der Waals surface area contributed by atoms with E-state index in [-0.39, 0.29) is 11.8 Å². The molecule has 1 atom stereocenters. The van der Waals surface area contributed by atoms with Gasteiger partial charge >= 0.3 is 0 Å². The molecule has 1 aromatic carbocycles. The fraction of sp³-hybridized carbons (Fsp3) is 0.650. The average Bonchev–Trinajstić information content (AvgIpc) is 2.67. The first kappa shape index (κ1) is 18.1. The fourth-order valence-corrected chi connectivity index (χ4v) is 3.87. The second kappa shape index (κ2) is 8.56. The maximum absolute atomic E-state index is 12.5. The summed E-state index contributed by atoms with van der Waals surface area (Å²) in [6, 6.07) is 6.45. The molecule has 1 N–H and O–H groups in total. The first-order chi connectivity index (χ1) is 12.2. The minimum absolute atomic E-state index is 0.0884. The molecule has 0 saturated heterocycles. The Morgan fingerprint density at radius 1 is 1.32 bits per heavy atom. The first-order valence-electron chi connectivity index (χ1n) is 9.45. The Bertz CT molecular complexity index is 584. The molecular weight excluding hydrogens is 316 g/mol. The van der Waals surface area contributed by atoms with Crippen LogP contribution in [0.25, 0.3) is 0 Å². The molecule has 1 aliphatic carbocycles. The van der Waals surface area contributed by atoms with Crippen LogP contribution in [0.5, 0.6) is 11.5 Å². The quantitative estimate of drug-likeness (QED) is 0.860. The smallest absolute Gasteiger partial charge is 0.226 e. The van der Waals surface area contributed by atoms with Gasteiger partial charge in [-0.1, -0.05) is 19.3 Å². The lowest BCUT2D eigenvalue weighted by Gasteiger charge is -2.31. The van der Waals surface area contributed by atoms with Crippen molar-refractivity contribution in [3.05, 3.63) is 23.8 Å². The number of likely N-dealkylation sites (N-methyl/N-ethyl adjacent to an activating group) is 1. The maximum Gasteiger partial charge on any atom is 0.226 e. The predicted molar refractivity (Wildman–Crippen MR) is 98.2 cm³/mol. The van der Waals surface area contributed by atoms with Crippen molar-refractivity contribution >= 4 is 5.91 Å². The van der Waals surface area contributed by atoms with Crippen LogP contribution in [0.15, 0.2) is 18.2 Å². The molecule has 5 heteroatoms. The zero-order valence-corrected chi connectivity index (χ0v) is 15.4. The van der Waals surface area contributed by atoms with Crippen LogP contribution in [0.3, 0.4) is 0 Å². The topological polar surface area (TPSA) is 50.8 Å². The van der Waals surface area contributed by atoms with Crippen LogP contribution >= 0.6 is 0 Å². The second-order valence-electron chi connectivity index (χ2n) is 7.25. The number of methoxy groups -OCH3 is 1. The van der Waals surface area contributed by atoms with E-state index in [0.717, 1.165) is 23.6 Å². The largest absolute Gasteiger partial charge is 0.497 e. The number of ether oxygens (including phenoxy) is 2. The Labute approximate surface area is 150 Å². The Balaban J connectivity index is 1.45. The highest BCUT2D eigenvalue weighted by Crippen LogP contribution is 2.30. The zero-order valence-electron chi connectivity index (χ0n) is 15.4. The van der Waals surface area contributed by atoms with Crippen LogP contribution in [0.2, 0.25) is 0 Å². The third-order valence-corrected chi connectivity index (χ3v) is 5.51. The van der Waals surface area contributed by atoms with Crippen LogP contribution in [0.4, 0.5) is 0 Å². The highest BCUT2D eigenvalue weighted by Gasteiger charge is 2.26. The zero-order chi connectivity index (χ0) is 17.6. The van der Waals surface area contributed by atoms with Gasteiger partial charge in [0.25, 0.3) is 0 Å². The molecule has 0 spiro atoms. The minimum Gasteiger partial charge on any atom is -0.497 e. The molecule has 1 unspecified atom stereocenters. The van der Waals surface area contributed by atoms with Gasteiger partial charge in [0.15, 0.2) is 0 Å². The molecule has 138 valence electrons. The van der Waals surface area contributed by atoms with Gasteiger partial charge in [-0.05, 0) is 50.1 Å². The first-order valence-corrected chi connectivity index (χ1v) is 9.45. The molecule has 2 aliphatic rings. The lowest BCUT2D eigenvalue weighted by molar-refractivity contribution is -0.126. The molecule has 0 bridgehead atoms. The standard InChI is InChI=1S/C20H30N2O3/c1-22(17-6-4-3-5-7-17)11-10-21-20(23)16-12-15-13-18(24-2)8-9-19(15)25-14-16/h8-9,13,16-17H,3-7,10-12,14H2,1-2H3,(H,21,23). The van der Waals surface area contributed by atoms with Crippen LogP contribution in [0, 0.1) is 5.92 Å². The predicted octanol–water partition coefficient (Wildman–Crippen LogP) is 2.63. The van der Waals surface area contributed by atoms with Crippen molar-refractivity contribution in [2.24, 2.45) is 5.92 Å². The number of amides is 1. The number of carbonyl (C=O) groups excluding carboxylic acids is 1. The lowest BCUT2D eigenvalue weighted by Crippen LogP contribution is -2.42. The fourth-order valence-electron chi connectivity index (χ4n) is 3.87. The van der Waals surface area contributed by atoms with Crippen molar-refractivity contribution in [1.29, 1.82) is 0 Å². The number of hydrogen-bond donors (Lipinski definition) is 1. The summed E-state index contributed by atoms with van der Waals surface area (Å²) in [5, 5.41) is 3.09.